The molecular weight excluding hydrogens is 254 g/mol. The second-order valence-electron chi connectivity index (χ2n) is 3.86. The first kappa shape index (κ1) is 14.2. The third kappa shape index (κ3) is 5.84. The summed E-state index contributed by atoms with van der Waals surface area (Å²) in [5, 5.41) is 8.44. The van der Waals surface area contributed by atoms with Crippen LogP contribution in [0.3, 0.4) is 0 Å². The molecule has 0 saturated carbocycles. The van der Waals surface area contributed by atoms with Gasteiger partial charge in [-0.2, -0.15) is 5.10 Å². The molecule has 17 heavy (non-hydrogen) atoms. The summed E-state index contributed by atoms with van der Waals surface area (Å²) in [7, 11) is 0. The topological polar surface area (TPSA) is 36.4 Å². The molecule has 0 bridgehead atoms. The maximum Gasteiger partial charge on any atom is 0.187 e. The zero-order valence-corrected chi connectivity index (χ0v) is 11.4. The Hall–Kier alpha value is -0.870. The van der Waals surface area contributed by atoms with Crippen LogP contribution in [0.5, 0.6) is 0 Å². The van der Waals surface area contributed by atoms with Gasteiger partial charge in [0.05, 0.1) is 6.21 Å². The average Bonchev–Trinajstić information content (AvgIpc) is 2.52. The highest BCUT2D eigenvalue weighted by Gasteiger charge is 2.07. The normalized spacial score (nSPS) is 16.8. The van der Waals surface area contributed by atoms with Crippen LogP contribution in [0, 0.1) is 0 Å². The van der Waals surface area contributed by atoms with Gasteiger partial charge in [0, 0.05) is 11.6 Å². The van der Waals surface area contributed by atoms with E-state index >= 15 is 0 Å². The second kappa shape index (κ2) is 8.25. The van der Waals surface area contributed by atoms with Crippen LogP contribution in [0.4, 0.5) is 0 Å². The SMILES string of the molecule is C=CCNC(=S)N/N=C\C1=C(Cl)CCCCC1. The van der Waals surface area contributed by atoms with E-state index in [0.717, 1.165) is 23.4 Å². The van der Waals surface area contributed by atoms with E-state index in [-0.39, 0.29) is 0 Å². The lowest BCUT2D eigenvalue weighted by Gasteiger charge is -2.04. The average molecular weight is 272 g/mol. The number of hydrazone groups is 1. The smallest absolute Gasteiger partial charge is 0.187 e. The number of rotatable bonds is 4. The molecule has 1 aliphatic rings. The molecule has 1 rings (SSSR count). The van der Waals surface area contributed by atoms with Gasteiger partial charge in [0.25, 0.3) is 0 Å². The summed E-state index contributed by atoms with van der Waals surface area (Å²) < 4.78 is 0. The van der Waals surface area contributed by atoms with Gasteiger partial charge in [-0.15, -0.1) is 6.58 Å². The van der Waals surface area contributed by atoms with Gasteiger partial charge in [-0.1, -0.05) is 24.1 Å². The molecule has 0 aromatic carbocycles. The van der Waals surface area contributed by atoms with Crippen LogP contribution in [-0.4, -0.2) is 17.9 Å². The Labute approximate surface area is 113 Å². The molecule has 5 heteroatoms. The van der Waals surface area contributed by atoms with Crippen LogP contribution in [-0.2, 0) is 0 Å². The summed E-state index contributed by atoms with van der Waals surface area (Å²) in [4.78, 5) is 0. The van der Waals surface area contributed by atoms with E-state index in [4.69, 9.17) is 23.8 Å². The van der Waals surface area contributed by atoms with E-state index in [1.807, 2.05) is 0 Å². The van der Waals surface area contributed by atoms with Crippen molar-refractivity contribution >= 4 is 35.1 Å². The highest BCUT2D eigenvalue weighted by molar-refractivity contribution is 7.80. The van der Waals surface area contributed by atoms with Crippen LogP contribution in [0.15, 0.2) is 28.4 Å². The molecule has 0 heterocycles. The lowest BCUT2D eigenvalue weighted by molar-refractivity contribution is 0.713. The highest BCUT2D eigenvalue weighted by Crippen LogP contribution is 2.24. The number of hydrogen-bond acceptors (Lipinski definition) is 2. The summed E-state index contributed by atoms with van der Waals surface area (Å²) >= 11 is 11.2. The van der Waals surface area contributed by atoms with Crippen molar-refractivity contribution in [2.45, 2.75) is 32.1 Å². The van der Waals surface area contributed by atoms with E-state index in [9.17, 15) is 0 Å². The Kier molecular flexibility index (Phi) is 6.89. The number of halogens is 1. The van der Waals surface area contributed by atoms with Gasteiger partial charge in [0.2, 0.25) is 0 Å². The van der Waals surface area contributed by atoms with Gasteiger partial charge in [-0.25, -0.2) is 0 Å². The minimum Gasteiger partial charge on any atom is -0.358 e. The first-order valence-electron chi connectivity index (χ1n) is 5.79. The lowest BCUT2D eigenvalue weighted by atomic mass is 10.1. The Morgan fingerprint density at radius 1 is 1.41 bits per heavy atom. The molecule has 0 saturated heterocycles. The quantitative estimate of drug-likeness (QED) is 0.357. The van der Waals surface area contributed by atoms with Crippen molar-refractivity contribution in [2.24, 2.45) is 5.10 Å². The van der Waals surface area contributed by atoms with Gasteiger partial charge in [-0.05, 0) is 43.5 Å². The molecule has 94 valence electrons. The van der Waals surface area contributed by atoms with E-state index < -0.39 is 0 Å². The van der Waals surface area contributed by atoms with Crippen molar-refractivity contribution in [1.82, 2.24) is 10.7 Å². The second-order valence-corrected chi connectivity index (χ2v) is 4.72. The molecule has 0 aromatic heterocycles. The molecule has 0 spiro atoms. The molecule has 0 atom stereocenters. The van der Waals surface area contributed by atoms with Gasteiger partial charge in [0.1, 0.15) is 0 Å². The lowest BCUT2D eigenvalue weighted by Crippen LogP contribution is -2.31. The van der Waals surface area contributed by atoms with Gasteiger partial charge in [-0.3, -0.25) is 5.43 Å². The van der Waals surface area contributed by atoms with E-state index in [0.29, 0.717) is 11.7 Å². The molecule has 3 nitrogen and oxygen atoms in total. The summed E-state index contributed by atoms with van der Waals surface area (Å²) in [5.41, 5.74) is 3.87. The van der Waals surface area contributed by atoms with E-state index in [2.05, 4.69) is 22.4 Å². The molecular formula is C12H18ClN3S. The Morgan fingerprint density at radius 3 is 2.94 bits per heavy atom. The van der Waals surface area contributed by atoms with Gasteiger partial charge < -0.3 is 5.32 Å². The van der Waals surface area contributed by atoms with Crippen molar-refractivity contribution in [3.05, 3.63) is 23.3 Å². The predicted octanol–water partition coefficient (Wildman–Crippen LogP) is 3.08. The van der Waals surface area contributed by atoms with Crippen molar-refractivity contribution in [2.75, 3.05) is 6.54 Å². The summed E-state index contributed by atoms with van der Waals surface area (Å²) in [6.45, 7) is 4.22. The van der Waals surface area contributed by atoms with Crippen molar-refractivity contribution < 1.29 is 0 Å². The number of nitrogens with one attached hydrogen (secondary N) is 2. The Bertz CT molecular complexity index is 337. The van der Waals surface area contributed by atoms with Gasteiger partial charge in [0.15, 0.2) is 5.11 Å². The maximum absolute atomic E-state index is 6.18. The highest BCUT2D eigenvalue weighted by atomic mass is 35.5. The van der Waals surface area contributed by atoms with Crippen LogP contribution in [0.1, 0.15) is 32.1 Å². The number of nitrogens with zero attached hydrogens (tertiary/aromatic N) is 1. The number of thiocarbonyl (C=S) groups is 1. The van der Waals surface area contributed by atoms with Crippen LogP contribution >= 0.6 is 23.8 Å². The molecule has 0 radical (unpaired) electrons. The van der Waals surface area contributed by atoms with Crippen LogP contribution < -0.4 is 10.7 Å². The fourth-order valence-corrected chi connectivity index (χ4v) is 1.99. The third-order valence-corrected chi connectivity index (χ3v) is 3.15. The summed E-state index contributed by atoms with van der Waals surface area (Å²) in [6.07, 6.45) is 9.05. The predicted molar refractivity (Wildman–Crippen MR) is 78.4 cm³/mol. The van der Waals surface area contributed by atoms with Crippen molar-refractivity contribution in [3.8, 4) is 0 Å². The molecule has 0 amide bonds. The van der Waals surface area contributed by atoms with Gasteiger partial charge >= 0.3 is 0 Å². The maximum atomic E-state index is 6.18. The summed E-state index contributed by atoms with van der Waals surface area (Å²) in [5.74, 6) is 0. The van der Waals surface area contributed by atoms with E-state index in [1.54, 1.807) is 12.3 Å². The first-order chi connectivity index (χ1) is 8.24. The zero-order chi connectivity index (χ0) is 12.5. The van der Waals surface area contributed by atoms with Crippen LogP contribution in [0.2, 0.25) is 0 Å². The van der Waals surface area contributed by atoms with Crippen molar-refractivity contribution in [1.29, 1.82) is 0 Å². The number of allylic oxidation sites excluding steroid dienone is 2. The molecule has 2 N–H and O–H groups in total. The molecule has 0 aromatic rings. The molecule has 1 aliphatic carbocycles. The third-order valence-electron chi connectivity index (χ3n) is 2.48. The largest absolute Gasteiger partial charge is 0.358 e. The zero-order valence-electron chi connectivity index (χ0n) is 9.84. The monoisotopic (exact) mass is 271 g/mol. The fourth-order valence-electron chi connectivity index (χ4n) is 1.58. The Balaban J connectivity index is 2.41. The Morgan fingerprint density at radius 2 is 2.18 bits per heavy atom. The molecule has 0 unspecified atom stereocenters. The minimum atomic E-state index is 0.492. The number of hydrogen-bond donors (Lipinski definition) is 2. The van der Waals surface area contributed by atoms with E-state index in [1.165, 1.54) is 19.3 Å². The minimum absolute atomic E-state index is 0.492. The van der Waals surface area contributed by atoms with Crippen molar-refractivity contribution in [3.63, 3.8) is 0 Å². The summed E-state index contributed by atoms with van der Waals surface area (Å²) in [6, 6.07) is 0. The van der Waals surface area contributed by atoms with Crippen LogP contribution in [0.25, 0.3) is 0 Å². The first-order valence-corrected chi connectivity index (χ1v) is 6.58. The molecule has 0 aliphatic heterocycles. The molecule has 0 fully saturated rings. The fraction of sp³-hybridized carbons (Fsp3) is 0.500. The standard InChI is InChI=1S/C12H18ClN3S/c1-2-8-14-12(17)16-15-9-10-6-4-3-5-7-11(10)13/h2,9H,1,3-8H2,(H2,14,16,17)/b15-9-.